The van der Waals surface area contributed by atoms with Gasteiger partial charge < -0.3 is 62.1 Å². The second kappa shape index (κ2) is 34.5. The van der Waals surface area contributed by atoms with Crippen molar-refractivity contribution in [1.82, 2.24) is 10.2 Å². The van der Waals surface area contributed by atoms with E-state index in [9.17, 15) is 24.8 Å². The van der Waals surface area contributed by atoms with Gasteiger partial charge in [0.25, 0.3) is 5.69 Å². The van der Waals surface area contributed by atoms with Crippen LogP contribution >= 0.6 is 11.6 Å². The van der Waals surface area contributed by atoms with E-state index in [0.29, 0.717) is 69.2 Å². The maximum absolute atomic E-state index is 13.3. The Morgan fingerprint density at radius 3 is 1.34 bits per heavy atom. The van der Waals surface area contributed by atoms with Gasteiger partial charge in [0.2, 0.25) is 0 Å². The molecule has 18 nitrogen and oxygen atoms in total. The molecule has 6 aliphatic heterocycles. The number of carbonyl (C=O) groups is 2. The largest absolute Gasteiger partial charge is 0.443 e. The summed E-state index contributed by atoms with van der Waals surface area (Å²) in [7, 11) is -3.94. The van der Waals surface area contributed by atoms with Crippen LogP contribution in [0.15, 0.2) is 24.3 Å². The molecular weight excluding hydrogens is 1530 g/mol. The molecule has 0 radical (unpaired) electrons. The number of fused-ring (bicyclic) bond motifs is 8. The van der Waals surface area contributed by atoms with Crippen LogP contribution in [0.4, 0.5) is 15.3 Å². The molecule has 16 aliphatic rings. The first-order chi connectivity index (χ1) is 55.5. The van der Waals surface area contributed by atoms with Gasteiger partial charge in [0.1, 0.15) is 11.9 Å². The van der Waals surface area contributed by atoms with Crippen molar-refractivity contribution in [2.45, 2.75) is 402 Å². The lowest BCUT2D eigenvalue weighted by Crippen LogP contribution is -2.61. The number of amides is 1. The van der Waals surface area contributed by atoms with Crippen LogP contribution in [-0.4, -0.2) is 156 Å². The van der Waals surface area contributed by atoms with Gasteiger partial charge in [-0.3, -0.25) is 10.1 Å². The fraction of sp³-hybridized carbons (Fsp3) is 0.917. The summed E-state index contributed by atoms with van der Waals surface area (Å²) in [5, 5.41) is 24.7. The van der Waals surface area contributed by atoms with Crippen molar-refractivity contribution in [2.75, 3.05) is 39.4 Å². The number of ether oxygens (including phenoxy) is 8. The van der Waals surface area contributed by atoms with E-state index < -0.39 is 33.1 Å². The molecule has 6 saturated heterocycles. The Hall–Kier alpha value is -2.32. The molecule has 28 atom stereocenters. The summed E-state index contributed by atoms with van der Waals surface area (Å²) in [6, 6.07) is 12.0. The van der Waals surface area contributed by atoms with Crippen molar-refractivity contribution < 1.29 is 66.4 Å². The number of aliphatic hydroxyl groups is 1. The van der Waals surface area contributed by atoms with Crippen LogP contribution in [0.3, 0.4) is 0 Å². The molecule has 10 aliphatic carbocycles. The number of aliphatic hydroxyl groups excluding tert-OH is 1. The van der Waals surface area contributed by atoms with Gasteiger partial charge in [-0.05, 0) is 318 Å². The first kappa shape index (κ1) is 90.9. The third-order valence-electron chi connectivity index (χ3n) is 38.4. The maximum atomic E-state index is 13.3. The van der Waals surface area contributed by atoms with Gasteiger partial charge >= 0.3 is 11.5 Å². The van der Waals surface area contributed by atoms with Crippen LogP contribution in [0.25, 0.3) is 0 Å². The van der Waals surface area contributed by atoms with E-state index in [4.69, 9.17) is 53.6 Å². The highest BCUT2D eigenvalue weighted by molar-refractivity contribution is 6.74. The Labute approximate surface area is 713 Å². The van der Waals surface area contributed by atoms with Gasteiger partial charge in [0, 0.05) is 60.9 Å². The molecule has 2 N–H and O–H groups in total. The van der Waals surface area contributed by atoms with E-state index in [0.717, 1.165) is 82.5 Å². The summed E-state index contributed by atoms with van der Waals surface area (Å²) in [5.74, 6) is 5.26. The lowest BCUT2D eigenvalue weighted by molar-refractivity contribution is -0.384. The number of non-ortho nitro benzene ring substituents is 1. The smallest absolute Gasteiger partial charge is 0.410 e. The molecule has 0 aromatic heterocycles. The van der Waals surface area contributed by atoms with E-state index in [1.165, 1.54) is 177 Å². The molecule has 1 amide bonds. The van der Waals surface area contributed by atoms with Crippen molar-refractivity contribution in [3.63, 3.8) is 0 Å². The lowest BCUT2D eigenvalue weighted by Gasteiger charge is -2.64. The lowest BCUT2D eigenvalue weighted by atomic mass is 9.41. The van der Waals surface area contributed by atoms with E-state index in [1.54, 1.807) is 0 Å². The monoisotopic (exact) mass is 1690 g/mol. The first-order valence-corrected chi connectivity index (χ1v) is 53.6. The summed E-state index contributed by atoms with van der Waals surface area (Å²) >= 11 is 4.92. The van der Waals surface area contributed by atoms with E-state index in [1.807, 2.05) is 4.90 Å². The Balaban J connectivity index is 0.000000161. The maximum Gasteiger partial charge on any atom is 0.410 e. The predicted octanol–water partition coefficient (Wildman–Crippen LogP) is 22.7. The van der Waals surface area contributed by atoms with Crippen LogP contribution in [0, 0.1) is 123 Å². The molecule has 21 heteroatoms. The summed E-state index contributed by atoms with van der Waals surface area (Å²) < 4.78 is 67.5. The topological polar surface area (TPSA) is 205 Å². The molecular formula is C96H160ClN3O15Si2. The number of hydrogen-bond acceptors (Lipinski definition) is 16. The van der Waals surface area contributed by atoms with Crippen LogP contribution < -0.4 is 10.1 Å². The zero-order chi connectivity index (χ0) is 84.2. The minimum absolute atomic E-state index is 0.000720. The van der Waals surface area contributed by atoms with E-state index >= 15 is 0 Å². The molecule has 1 aromatic carbocycles. The number of nitrogens with one attached hydrogen (secondary N) is 1. The highest BCUT2D eigenvalue weighted by atomic mass is 35.5. The summed E-state index contributed by atoms with van der Waals surface area (Å²) in [6.45, 7) is 55.0. The fourth-order valence-corrected chi connectivity index (χ4v) is 37.0. The molecule has 17 rings (SSSR count). The van der Waals surface area contributed by atoms with Crippen molar-refractivity contribution in [3.8, 4) is 5.75 Å². The van der Waals surface area contributed by atoms with Crippen LogP contribution in [-0.2, 0) is 42.0 Å². The summed E-state index contributed by atoms with van der Waals surface area (Å²) in [6.07, 6.45) is 29.6. The third-order valence-corrected chi connectivity index (χ3v) is 47.7. The molecule has 117 heavy (non-hydrogen) atoms. The highest BCUT2D eigenvalue weighted by Crippen LogP contribution is 2.92. The average molecular weight is 1690 g/mol. The molecule has 4 spiro atoms. The molecule has 6 unspecified atom stereocenters. The highest BCUT2D eigenvalue weighted by Gasteiger charge is 2.87. The fourth-order valence-electron chi connectivity index (χ4n) is 31.1. The van der Waals surface area contributed by atoms with Crippen molar-refractivity contribution >= 4 is 45.4 Å². The molecule has 1 aromatic rings. The van der Waals surface area contributed by atoms with Gasteiger partial charge in [-0.25, -0.2) is 9.59 Å². The quantitative estimate of drug-likeness (QED) is 0.0386. The number of likely N-dealkylation sites (tertiary alicyclic amines) is 1. The predicted molar refractivity (Wildman–Crippen MR) is 466 cm³/mol. The Bertz CT molecular complexity index is 3560. The molecule has 10 saturated carbocycles. The second-order valence-electron chi connectivity index (χ2n) is 44.0. The Morgan fingerprint density at radius 2 is 0.983 bits per heavy atom. The van der Waals surface area contributed by atoms with Gasteiger partial charge in [0.15, 0.2) is 29.2 Å². The number of nitro groups is 1. The second-order valence-corrected chi connectivity index (χ2v) is 53.7. The number of rotatable bonds is 21. The van der Waals surface area contributed by atoms with Crippen LogP contribution in [0.5, 0.6) is 5.75 Å². The Morgan fingerprint density at radius 1 is 0.573 bits per heavy atom. The van der Waals surface area contributed by atoms with Crippen LogP contribution in [0.2, 0.25) is 36.3 Å². The zero-order valence-corrected chi connectivity index (χ0v) is 79.2. The number of carbonyl (C=O) groups excluding carboxylic acids is 2. The average Bonchev–Trinajstić information content (AvgIpc) is 1.46. The van der Waals surface area contributed by atoms with Gasteiger partial charge in [0.05, 0.1) is 59.9 Å². The Kier molecular flexibility index (Phi) is 26.8. The summed E-state index contributed by atoms with van der Waals surface area (Å²) in [5.41, 5.74) is 1.40. The number of benzene rings is 1. The van der Waals surface area contributed by atoms with Crippen molar-refractivity contribution in [1.29, 1.82) is 0 Å². The minimum Gasteiger partial charge on any atom is -0.443 e. The third kappa shape index (κ3) is 15.2. The van der Waals surface area contributed by atoms with Gasteiger partial charge in [-0.1, -0.05) is 138 Å². The molecule has 664 valence electrons. The van der Waals surface area contributed by atoms with Gasteiger partial charge in [-0.2, -0.15) is 0 Å². The standard InChI is InChI=1S/C45H77NO6Si.C41H72O5Si.C7H4ClNO4.C3H7N/c1-11-53(12-2,13-3)52-39-38-36(30(6)27-31(49-38)37(29(4)5)51-40(47)46-24-16-25-46)42(9)22-23-45-28-44(45)21-20-34(50-35-17-14-15-26-48-35)41(7,8)32(44)18-19-33(45)43(39,42)10;1-11-47(12-2,13-3)46-36-35-33(27(6)24-28(44-35)34(42)26(4)5)38(9)21-22-41-25-40(41)20-19-31(45-32-16-14-15-23-43-32)37(7,8)29(40)17-18-30(41)39(36,38)10;8-7(10)13-6-3-1-5(2-4-6)9(11)12;1-2-4-3-1/h29-39H,11-28H2,1-10H3;26-36,42H,11-25H2,1-10H3;1-4H;4H,1-3H2/t30-,31-,32+,33+,34?,35+,36+,37?,38+,39+,42-,43-,44?,45+;27-,28-,29+,30+,31?,32+,33+,34?,35+,36+,38-,39-,40?,41+;;/m11../s1. The number of halogens is 1. The molecule has 0 bridgehead atoms. The van der Waals surface area contributed by atoms with Gasteiger partial charge in [-0.15, -0.1) is 0 Å². The number of nitrogens with zero attached hydrogens (tertiary/aromatic N) is 2. The zero-order valence-electron chi connectivity index (χ0n) is 76.4. The normalized spacial score (nSPS) is 43.9. The number of hydrogen-bond donors (Lipinski definition) is 2. The van der Waals surface area contributed by atoms with E-state index in [2.05, 4.69) is 149 Å². The SMILES string of the molecule is C1CNC1.CC[Si](CC)(CC)O[C@H]1[C@H]2O[C@@H](C(O)C(C)C)C[C@@H](C)[C@@H]2[C@@]2(C)CC[C@@]34CC35CCC(O[C@H]3CCCCO3)C(C)(C)[C@@H]5CC[C@H]4[C@]12C.CC[Si](CC)(CC)O[C@H]1[C@H]2O[C@@H](C(OC(=O)N3CCC3)C(C)C)C[C@@H](C)[C@@H]2[C@@]2(C)CC[C@@]34CC35CCC(O[C@H]3CCCCO3)C(C)(C)[C@@H]5CC[C@H]4[C@]12C.O=C(Cl)Oc1ccc([N+](=O)[O-])cc1. The number of nitro benzene ring substituents is 1. The summed E-state index contributed by atoms with van der Waals surface area (Å²) in [4.78, 5) is 35.0. The molecule has 16 fully saturated rings. The first-order valence-electron chi connectivity index (χ1n) is 48.1. The van der Waals surface area contributed by atoms with Crippen molar-refractivity contribution in [3.05, 3.63) is 34.4 Å². The van der Waals surface area contributed by atoms with Crippen LogP contribution in [0.1, 0.15) is 293 Å². The molecule has 6 heterocycles. The van der Waals surface area contributed by atoms with Crippen molar-refractivity contribution in [2.24, 2.45) is 113 Å². The van der Waals surface area contributed by atoms with E-state index in [-0.39, 0.29) is 123 Å². The minimum atomic E-state index is -2.00.